The zero-order valence-electron chi connectivity index (χ0n) is 11.8. The van der Waals surface area contributed by atoms with Gasteiger partial charge in [-0.05, 0) is 17.7 Å². The van der Waals surface area contributed by atoms with E-state index in [1.165, 1.54) is 11.8 Å². The lowest BCUT2D eigenvalue weighted by molar-refractivity contribution is -0.116. The summed E-state index contributed by atoms with van der Waals surface area (Å²) in [4.78, 5) is 20.4. The van der Waals surface area contributed by atoms with Crippen molar-refractivity contribution in [2.45, 2.75) is 11.6 Å². The van der Waals surface area contributed by atoms with Crippen molar-refractivity contribution in [2.75, 3.05) is 5.75 Å². The molecule has 0 bridgehead atoms. The van der Waals surface area contributed by atoms with Crippen LogP contribution < -0.4 is 0 Å². The van der Waals surface area contributed by atoms with Crippen LogP contribution in [0.1, 0.15) is 5.56 Å². The van der Waals surface area contributed by atoms with E-state index in [0.717, 1.165) is 11.1 Å². The molecule has 5 nitrogen and oxygen atoms in total. The molecular weight excluding hydrogens is 296 g/mol. The van der Waals surface area contributed by atoms with E-state index in [9.17, 15) is 4.79 Å². The Hall–Kier alpha value is -2.47. The summed E-state index contributed by atoms with van der Waals surface area (Å²) in [6.45, 7) is 0. The second-order valence-corrected chi connectivity index (χ2v) is 5.64. The zero-order valence-corrected chi connectivity index (χ0v) is 12.6. The molecule has 6 heteroatoms. The van der Waals surface area contributed by atoms with Crippen LogP contribution in [0.5, 0.6) is 0 Å². The predicted octanol–water partition coefficient (Wildman–Crippen LogP) is 2.77. The first-order valence-corrected chi connectivity index (χ1v) is 7.81. The van der Waals surface area contributed by atoms with Gasteiger partial charge in [0.2, 0.25) is 5.16 Å². The number of ketones is 1. The lowest BCUT2D eigenvalue weighted by atomic mass is 10.1. The number of benzene rings is 1. The van der Waals surface area contributed by atoms with E-state index in [1.54, 1.807) is 12.4 Å². The van der Waals surface area contributed by atoms with Crippen LogP contribution in [0.25, 0.3) is 11.4 Å². The zero-order chi connectivity index (χ0) is 15.2. The van der Waals surface area contributed by atoms with Gasteiger partial charge in [0.15, 0.2) is 5.82 Å². The summed E-state index contributed by atoms with van der Waals surface area (Å²) < 4.78 is 0. The van der Waals surface area contributed by atoms with Gasteiger partial charge in [-0.2, -0.15) is 0 Å². The number of thioether (sulfide) groups is 1. The summed E-state index contributed by atoms with van der Waals surface area (Å²) in [6, 6.07) is 13.5. The standard InChI is InChI=1S/C16H14N4OS/c21-14(9-12-5-2-1-3-6-12)11-22-16-18-15(19-20-16)13-7-4-8-17-10-13/h1-8,10H,9,11H2,(H,18,19,20). The molecule has 0 aliphatic rings. The average molecular weight is 310 g/mol. The fraction of sp³-hybridized carbons (Fsp3) is 0.125. The molecule has 0 radical (unpaired) electrons. The monoisotopic (exact) mass is 310 g/mol. The third-order valence-electron chi connectivity index (χ3n) is 3.01. The summed E-state index contributed by atoms with van der Waals surface area (Å²) in [7, 11) is 0. The Bertz CT molecular complexity index is 743. The maximum absolute atomic E-state index is 12.0. The van der Waals surface area contributed by atoms with Crippen molar-refractivity contribution in [1.29, 1.82) is 0 Å². The maximum atomic E-state index is 12.0. The number of hydrogen-bond acceptors (Lipinski definition) is 5. The topological polar surface area (TPSA) is 71.5 Å². The molecule has 0 spiro atoms. The summed E-state index contributed by atoms with van der Waals surface area (Å²) in [5.74, 6) is 1.18. The van der Waals surface area contributed by atoms with Gasteiger partial charge >= 0.3 is 0 Å². The quantitative estimate of drug-likeness (QED) is 0.709. The van der Waals surface area contributed by atoms with Crippen molar-refractivity contribution >= 4 is 17.5 Å². The Morgan fingerprint density at radius 3 is 2.77 bits per heavy atom. The molecule has 0 fully saturated rings. The highest BCUT2D eigenvalue weighted by Crippen LogP contribution is 2.18. The van der Waals surface area contributed by atoms with E-state index < -0.39 is 0 Å². The predicted molar refractivity (Wildman–Crippen MR) is 85.5 cm³/mol. The Kier molecular flexibility index (Phi) is 4.60. The number of nitrogens with zero attached hydrogens (tertiary/aromatic N) is 3. The van der Waals surface area contributed by atoms with E-state index in [2.05, 4.69) is 20.2 Å². The normalized spacial score (nSPS) is 10.5. The van der Waals surface area contributed by atoms with Crippen molar-refractivity contribution in [2.24, 2.45) is 0 Å². The number of aromatic amines is 1. The van der Waals surface area contributed by atoms with Gasteiger partial charge in [-0.1, -0.05) is 42.1 Å². The number of rotatable bonds is 6. The SMILES string of the molecule is O=C(CSc1n[nH]c(-c2cccnc2)n1)Cc1ccccc1. The number of nitrogens with one attached hydrogen (secondary N) is 1. The van der Waals surface area contributed by atoms with Crippen molar-refractivity contribution in [1.82, 2.24) is 20.2 Å². The third kappa shape index (κ3) is 3.79. The number of hydrogen-bond donors (Lipinski definition) is 1. The fourth-order valence-corrected chi connectivity index (χ4v) is 2.62. The van der Waals surface area contributed by atoms with Crippen LogP contribution >= 0.6 is 11.8 Å². The molecule has 0 saturated carbocycles. The van der Waals surface area contributed by atoms with Crippen LogP contribution in [0.2, 0.25) is 0 Å². The average Bonchev–Trinajstić information content (AvgIpc) is 3.04. The largest absolute Gasteiger partial charge is 0.298 e. The number of carbonyl (C=O) groups excluding carboxylic acids is 1. The van der Waals surface area contributed by atoms with Crippen LogP contribution in [0.3, 0.4) is 0 Å². The van der Waals surface area contributed by atoms with Gasteiger partial charge in [0.25, 0.3) is 0 Å². The fourth-order valence-electron chi connectivity index (χ4n) is 1.96. The molecule has 0 atom stereocenters. The number of aromatic nitrogens is 4. The maximum Gasteiger partial charge on any atom is 0.209 e. The van der Waals surface area contributed by atoms with E-state index in [4.69, 9.17) is 0 Å². The number of pyridine rings is 1. The molecule has 22 heavy (non-hydrogen) atoms. The Morgan fingerprint density at radius 1 is 1.14 bits per heavy atom. The van der Waals surface area contributed by atoms with Crippen LogP contribution in [-0.4, -0.2) is 31.7 Å². The second kappa shape index (κ2) is 7.00. The minimum absolute atomic E-state index is 0.156. The second-order valence-electron chi connectivity index (χ2n) is 4.70. The van der Waals surface area contributed by atoms with Gasteiger partial charge in [0, 0.05) is 24.4 Å². The summed E-state index contributed by atoms with van der Waals surface area (Å²) in [5.41, 5.74) is 1.90. The van der Waals surface area contributed by atoms with Crippen molar-refractivity contribution < 1.29 is 4.79 Å². The Labute approximate surface area is 132 Å². The molecule has 0 saturated heterocycles. The minimum atomic E-state index is 0.156. The molecule has 0 aliphatic carbocycles. The molecule has 3 aromatic rings. The first-order valence-electron chi connectivity index (χ1n) is 6.82. The summed E-state index contributed by atoms with van der Waals surface area (Å²) in [6.07, 6.45) is 3.86. The molecular formula is C16H14N4OS. The number of H-pyrrole nitrogens is 1. The number of Topliss-reactive ketones (excluding diaryl/α,β-unsaturated/α-hetero) is 1. The highest BCUT2D eigenvalue weighted by atomic mass is 32.2. The molecule has 0 unspecified atom stereocenters. The summed E-state index contributed by atoms with van der Waals surface area (Å²) in [5, 5.41) is 7.55. The van der Waals surface area contributed by atoms with Crippen molar-refractivity contribution in [3.63, 3.8) is 0 Å². The van der Waals surface area contributed by atoms with E-state index in [0.29, 0.717) is 23.2 Å². The van der Waals surface area contributed by atoms with Gasteiger partial charge in [-0.25, -0.2) is 4.98 Å². The van der Waals surface area contributed by atoms with Gasteiger partial charge in [0.1, 0.15) is 5.78 Å². The Balaban J connectivity index is 1.56. The first kappa shape index (κ1) is 14.5. The molecule has 2 heterocycles. The molecule has 1 aromatic carbocycles. The highest BCUT2D eigenvalue weighted by molar-refractivity contribution is 7.99. The molecule has 3 rings (SSSR count). The first-order chi connectivity index (χ1) is 10.8. The molecule has 0 amide bonds. The molecule has 2 aromatic heterocycles. The van der Waals surface area contributed by atoms with Crippen LogP contribution in [0.4, 0.5) is 0 Å². The smallest absolute Gasteiger partial charge is 0.209 e. The van der Waals surface area contributed by atoms with Crippen LogP contribution in [0.15, 0.2) is 60.0 Å². The highest BCUT2D eigenvalue weighted by Gasteiger charge is 2.09. The Morgan fingerprint density at radius 2 is 2.00 bits per heavy atom. The molecule has 0 aliphatic heterocycles. The molecule has 1 N–H and O–H groups in total. The third-order valence-corrected chi connectivity index (χ3v) is 3.91. The van der Waals surface area contributed by atoms with Gasteiger partial charge < -0.3 is 0 Å². The van der Waals surface area contributed by atoms with Crippen molar-refractivity contribution in [3.05, 3.63) is 60.4 Å². The van der Waals surface area contributed by atoms with Crippen LogP contribution in [-0.2, 0) is 11.2 Å². The van der Waals surface area contributed by atoms with Crippen LogP contribution in [0, 0.1) is 0 Å². The van der Waals surface area contributed by atoms with E-state index >= 15 is 0 Å². The van der Waals surface area contributed by atoms with E-state index in [-0.39, 0.29) is 5.78 Å². The van der Waals surface area contributed by atoms with Crippen molar-refractivity contribution in [3.8, 4) is 11.4 Å². The number of carbonyl (C=O) groups is 1. The van der Waals surface area contributed by atoms with E-state index in [1.807, 2.05) is 42.5 Å². The van der Waals surface area contributed by atoms with Gasteiger partial charge in [-0.3, -0.25) is 14.9 Å². The summed E-state index contributed by atoms with van der Waals surface area (Å²) >= 11 is 1.34. The van der Waals surface area contributed by atoms with Gasteiger partial charge in [0.05, 0.1) is 5.75 Å². The van der Waals surface area contributed by atoms with Gasteiger partial charge in [-0.15, -0.1) is 5.10 Å². The lowest BCUT2D eigenvalue weighted by Crippen LogP contribution is -2.05. The molecule has 110 valence electrons. The lowest BCUT2D eigenvalue weighted by Gasteiger charge is -1.99. The minimum Gasteiger partial charge on any atom is -0.298 e.